The predicted molar refractivity (Wildman–Crippen MR) is 141 cm³/mol. The van der Waals surface area contributed by atoms with Gasteiger partial charge in [0.15, 0.2) is 0 Å². The van der Waals surface area contributed by atoms with Crippen LogP contribution in [-0.4, -0.2) is 41.2 Å². The number of carbonyl (C=O) groups is 1. The van der Waals surface area contributed by atoms with Crippen LogP contribution in [0.5, 0.6) is 0 Å². The molecule has 36 heavy (non-hydrogen) atoms. The van der Waals surface area contributed by atoms with Gasteiger partial charge in [0, 0.05) is 18.5 Å². The Labute approximate surface area is 215 Å². The number of benzene rings is 2. The van der Waals surface area contributed by atoms with Crippen molar-refractivity contribution in [3.05, 3.63) is 83.9 Å². The molecule has 6 atom stereocenters. The normalized spacial score (nSPS) is 34.8. The Hall–Kier alpha value is -2.43. The third-order valence-electron chi connectivity index (χ3n) is 10.0. The van der Waals surface area contributed by atoms with Gasteiger partial charge in [0.05, 0.1) is 5.92 Å². The fourth-order valence-electron chi connectivity index (χ4n) is 8.17. The zero-order chi connectivity index (χ0) is 24.9. The first-order valence-electron chi connectivity index (χ1n) is 13.9. The molecule has 4 nitrogen and oxygen atoms in total. The van der Waals surface area contributed by atoms with Crippen LogP contribution in [0.15, 0.2) is 72.8 Å². The van der Waals surface area contributed by atoms with E-state index in [9.17, 15) is 9.90 Å². The number of fused-ring (bicyclic) bond motifs is 2. The molecule has 0 amide bonds. The first-order chi connectivity index (χ1) is 17.4. The molecule has 2 aliphatic heterocycles. The molecule has 6 rings (SSSR count). The Morgan fingerprint density at radius 1 is 1.08 bits per heavy atom. The molecule has 2 aromatic carbocycles. The molecule has 4 heteroatoms. The van der Waals surface area contributed by atoms with Crippen molar-refractivity contribution in [1.29, 1.82) is 0 Å². The molecule has 4 fully saturated rings. The average molecular weight is 486 g/mol. The second-order valence-corrected chi connectivity index (χ2v) is 12.1. The summed E-state index contributed by atoms with van der Waals surface area (Å²) in [5, 5.41) is 12.4. The molecule has 0 unspecified atom stereocenters. The van der Waals surface area contributed by atoms with Gasteiger partial charge in [-0.2, -0.15) is 0 Å². The summed E-state index contributed by atoms with van der Waals surface area (Å²) in [4.78, 5) is 15.7. The van der Waals surface area contributed by atoms with Crippen LogP contribution >= 0.6 is 0 Å². The molecule has 2 aromatic rings. The molecule has 0 radical (unpaired) electrons. The van der Waals surface area contributed by atoms with Crippen molar-refractivity contribution >= 4 is 5.97 Å². The van der Waals surface area contributed by atoms with Crippen LogP contribution in [0.25, 0.3) is 0 Å². The van der Waals surface area contributed by atoms with E-state index in [4.69, 9.17) is 4.74 Å². The Balaban J connectivity index is 1.29. The van der Waals surface area contributed by atoms with Crippen molar-refractivity contribution in [2.45, 2.75) is 69.6 Å². The number of nitrogens with zero attached hydrogens (tertiary/aromatic N) is 1. The molecule has 4 aliphatic rings. The van der Waals surface area contributed by atoms with Crippen LogP contribution in [0.4, 0.5) is 0 Å². The van der Waals surface area contributed by atoms with Crippen LogP contribution in [0.1, 0.15) is 63.0 Å². The van der Waals surface area contributed by atoms with E-state index in [1.807, 2.05) is 60.7 Å². The van der Waals surface area contributed by atoms with Crippen molar-refractivity contribution in [3.63, 3.8) is 0 Å². The number of rotatable bonds is 5. The molecule has 2 saturated heterocycles. The Morgan fingerprint density at radius 3 is 2.42 bits per heavy atom. The van der Waals surface area contributed by atoms with Gasteiger partial charge in [0.1, 0.15) is 11.7 Å². The number of ether oxygens (including phenoxy) is 1. The lowest BCUT2D eigenvalue weighted by Crippen LogP contribution is -2.51. The van der Waals surface area contributed by atoms with Crippen LogP contribution in [0, 0.1) is 23.2 Å². The van der Waals surface area contributed by atoms with Gasteiger partial charge in [-0.15, -0.1) is 0 Å². The van der Waals surface area contributed by atoms with Gasteiger partial charge in [-0.3, -0.25) is 9.69 Å². The highest BCUT2D eigenvalue weighted by molar-refractivity contribution is 5.75. The lowest BCUT2D eigenvalue weighted by molar-refractivity contribution is -0.146. The lowest BCUT2D eigenvalue weighted by Gasteiger charge is -2.50. The predicted octanol–water partition coefficient (Wildman–Crippen LogP) is 5.70. The van der Waals surface area contributed by atoms with E-state index in [0.717, 1.165) is 49.8 Å². The first kappa shape index (κ1) is 23.9. The fourth-order valence-corrected chi connectivity index (χ4v) is 8.17. The largest absolute Gasteiger partial charge is 0.462 e. The highest BCUT2D eigenvalue weighted by Gasteiger charge is 2.56. The third-order valence-corrected chi connectivity index (χ3v) is 10.0. The number of hydrogen-bond donors (Lipinski definition) is 1. The SMILES string of the molecule is C=C1CCC[C@]2(C)C[C@H]3OC(=O)[C@H](CN4CCC[C@@H]4C(O)(c4ccccc4)c4ccccc4)[C@@H]3C[C@H]12. The maximum atomic E-state index is 13.3. The Kier molecular flexibility index (Phi) is 6.08. The summed E-state index contributed by atoms with van der Waals surface area (Å²) in [5.74, 6) is 0.565. The van der Waals surface area contributed by atoms with Crippen LogP contribution in [0.2, 0.25) is 0 Å². The minimum absolute atomic E-state index is 0.0258. The molecule has 0 aromatic heterocycles. The number of aliphatic hydroxyl groups is 1. The number of carbonyl (C=O) groups excluding carboxylic acids is 1. The number of esters is 1. The molecule has 1 N–H and O–H groups in total. The maximum Gasteiger partial charge on any atom is 0.310 e. The second-order valence-electron chi connectivity index (χ2n) is 12.1. The summed E-state index contributed by atoms with van der Waals surface area (Å²) >= 11 is 0. The van der Waals surface area contributed by atoms with Crippen molar-refractivity contribution < 1.29 is 14.6 Å². The standard InChI is InChI=1S/C32H39NO3/c1-22-11-9-17-31(2)20-28-25(19-27(22)31)26(30(34)36-28)21-33-18-10-16-29(33)32(35,23-12-5-3-6-13-23)24-14-7-4-8-15-24/h3-8,12-15,25-29,35H,1,9-11,16-21H2,2H3/t25-,26+,27+,28+,29+,31+/m0/s1. The smallest absolute Gasteiger partial charge is 0.310 e. The number of allylic oxidation sites excluding steroid dienone is 1. The molecule has 190 valence electrons. The Morgan fingerprint density at radius 2 is 1.75 bits per heavy atom. The van der Waals surface area contributed by atoms with Crippen molar-refractivity contribution in [2.24, 2.45) is 23.2 Å². The van der Waals surface area contributed by atoms with Gasteiger partial charge in [0.25, 0.3) is 0 Å². The molecule has 2 aliphatic carbocycles. The summed E-state index contributed by atoms with van der Waals surface area (Å²) in [6.07, 6.45) is 7.44. The quantitative estimate of drug-likeness (QED) is 0.436. The number of likely N-dealkylation sites (tertiary alicyclic amines) is 1. The minimum atomic E-state index is -1.14. The van der Waals surface area contributed by atoms with Crippen molar-refractivity contribution in [1.82, 2.24) is 4.90 Å². The van der Waals surface area contributed by atoms with Crippen molar-refractivity contribution in [3.8, 4) is 0 Å². The summed E-state index contributed by atoms with van der Waals surface area (Å²) in [7, 11) is 0. The van der Waals surface area contributed by atoms with E-state index in [1.54, 1.807) is 0 Å². The monoisotopic (exact) mass is 485 g/mol. The van der Waals surface area contributed by atoms with E-state index in [2.05, 4.69) is 18.4 Å². The molecule has 2 heterocycles. The molecular weight excluding hydrogens is 446 g/mol. The average Bonchev–Trinajstić information content (AvgIpc) is 3.47. The van der Waals surface area contributed by atoms with Crippen LogP contribution in [-0.2, 0) is 15.1 Å². The highest BCUT2D eigenvalue weighted by atomic mass is 16.6. The summed E-state index contributed by atoms with van der Waals surface area (Å²) < 4.78 is 6.07. The minimum Gasteiger partial charge on any atom is -0.462 e. The van der Waals surface area contributed by atoms with Gasteiger partial charge in [-0.1, -0.05) is 79.7 Å². The van der Waals surface area contributed by atoms with Crippen molar-refractivity contribution in [2.75, 3.05) is 13.1 Å². The van der Waals surface area contributed by atoms with Gasteiger partial charge < -0.3 is 9.84 Å². The lowest BCUT2D eigenvalue weighted by atomic mass is 9.55. The van der Waals surface area contributed by atoms with E-state index in [-0.39, 0.29) is 35.4 Å². The van der Waals surface area contributed by atoms with E-state index in [1.165, 1.54) is 18.4 Å². The van der Waals surface area contributed by atoms with E-state index >= 15 is 0 Å². The topological polar surface area (TPSA) is 49.8 Å². The second kappa shape index (κ2) is 9.15. The highest BCUT2D eigenvalue weighted by Crippen LogP contribution is 2.57. The van der Waals surface area contributed by atoms with Crippen LogP contribution < -0.4 is 0 Å². The van der Waals surface area contributed by atoms with E-state index < -0.39 is 5.60 Å². The molecule has 0 bridgehead atoms. The molecule has 0 spiro atoms. The van der Waals surface area contributed by atoms with Gasteiger partial charge in [-0.05, 0) is 74.0 Å². The van der Waals surface area contributed by atoms with Crippen LogP contribution in [0.3, 0.4) is 0 Å². The van der Waals surface area contributed by atoms with Gasteiger partial charge >= 0.3 is 5.97 Å². The van der Waals surface area contributed by atoms with E-state index in [0.29, 0.717) is 12.5 Å². The van der Waals surface area contributed by atoms with Gasteiger partial charge in [-0.25, -0.2) is 0 Å². The summed E-state index contributed by atoms with van der Waals surface area (Å²) in [6.45, 7) is 8.38. The fraction of sp³-hybridized carbons (Fsp3) is 0.531. The summed E-state index contributed by atoms with van der Waals surface area (Å²) in [5.41, 5.74) is 2.27. The Bertz CT molecular complexity index is 1080. The molecule has 2 saturated carbocycles. The zero-order valence-electron chi connectivity index (χ0n) is 21.4. The number of hydrogen-bond acceptors (Lipinski definition) is 4. The maximum absolute atomic E-state index is 13.3. The van der Waals surface area contributed by atoms with Gasteiger partial charge in [0.2, 0.25) is 0 Å². The molecular formula is C32H39NO3. The third kappa shape index (κ3) is 3.85. The first-order valence-corrected chi connectivity index (χ1v) is 13.9. The zero-order valence-corrected chi connectivity index (χ0v) is 21.4. The summed E-state index contributed by atoms with van der Waals surface area (Å²) in [6, 6.07) is 20.0.